The van der Waals surface area contributed by atoms with Gasteiger partial charge in [-0.05, 0) is 37.6 Å². The Labute approximate surface area is 185 Å². The van der Waals surface area contributed by atoms with Crippen LogP contribution in [0.25, 0.3) is 0 Å². The molecule has 0 saturated carbocycles. The highest BCUT2D eigenvalue weighted by Gasteiger charge is 2.21. The van der Waals surface area contributed by atoms with Gasteiger partial charge in [0.2, 0.25) is 5.88 Å². The minimum Gasteiger partial charge on any atom is -0.475 e. The number of aromatic nitrogens is 3. The van der Waals surface area contributed by atoms with Crippen molar-refractivity contribution in [2.75, 3.05) is 20.3 Å². The number of hydrogen-bond acceptors (Lipinski definition) is 7. The van der Waals surface area contributed by atoms with Crippen LogP contribution in [0.4, 0.5) is 5.69 Å². The largest absolute Gasteiger partial charge is 0.475 e. The average molecular weight is 439 g/mol. The number of methoxy groups -OCH3 is 1. The summed E-state index contributed by atoms with van der Waals surface area (Å²) in [4.78, 5) is 27.5. The van der Waals surface area contributed by atoms with Gasteiger partial charge in [0.1, 0.15) is 18.0 Å². The molecule has 0 aliphatic rings. The number of amides is 1. The van der Waals surface area contributed by atoms with Crippen LogP contribution in [-0.2, 0) is 17.8 Å². The summed E-state index contributed by atoms with van der Waals surface area (Å²) < 4.78 is 12.2. The van der Waals surface area contributed by atoms with E-state index >= 15 is 0 Å². The first-order chi connectivity index (χ1) is 15.4. The molecule has 0 aliphatic carbocycles. The zero-order valence-corrected chi connectivity index (χ0v) is 18.2. The van der Waals surface area contributed by atoms with Crippen molar-refractivity contribution in [3.8, 4) is 5.88 Å². The average Bonchev–Trinajstić information content (AvgIpc) is 3.06. The second kappa shape index (κ2) is 10.5. The first-order valence-electron chi connectivity index (χ1n) is 10.0. The predicted molar refractivity (Wildman–Crippen MR) is 117 cm³/mol. The van der Waals surface area contributed by atoms with Crippen molar-refractivity contribution in [1.82, 2.24) is 20.1 Å². The number of nitro groups is 1. The van der Waals surface area contributed by atoms with Crippen molar-refractivity contribution in [3.05, 3.63) is 80.8 Å². The van der Waals surface area contributed by atoms with Crippen LogP contribution in [0.15, 0.2) is 42.6 Å². The molecular formula is C22H25N5O5. The summed E-state index contributed by atoms with van der Waals surface area (Å²) in [6, 6.07) is 10.7. The molecule has 0 fully saturated rings. The number of nitrogens with one attached hydrogen (secondary N) is 1. The van der Waals surface area contributed by atoms with Gasteiger partial charge in [-0.2, -0.15) is 5.10 Å². The maximum atomic E-state index is 12.6. The lowest BCUT2D eigenvalue weighted by Gasteiger charge is -2.11. The van der Waals surface area contributed by atoms with E-state index in [1.165, 1.54) is 0 Å². The molecule has 0 saturated heterocycles. The van der Waals surface area contributed by atoms with Crippen LogP contribution in [0.5, 0.6) is 5.88 Å². The number of nitrogens with zero attached hydrogens (tertiary/aromatic N) is 4. The van der Waals surface area contributed by atoms with E-state index in [0.29, 0.717) is 42.6 Å². The molecule has 0 unspecified atom stereocenters. The molecule has 0 spiro atoms. The molecule has 10 heteroatoms. The molecule has 2 aromatic heterocycles. The maximum absolute atomic E-state index is 12.6. The first kappa shape index (κ1) is 22.9. The van der Waals surface area contributed by atoms with Crippen molar-refractivity contribution >= 4 is 11.6 Å². The van der Waals surface area contributed by atoms with Crippen molar-refractivity contribution in [2.45, 2.75) is 26.9 Å². The van der Waals surface area contributed by atoms with Crippen LogP contribution in [0.3, 0.4) is 0 Å². The van der Waals surface area contributed by atoms with E-state index in [2.05, 4.69) is 15.4 Å². The predicted octanol–water partition coefficient (Wildman–Crippen LogP) is 2.81. The topological polar surface area (TPSA) is 121 Å². The van der Waals surface area contributed by atoms with E-state index in [9.17, 15) is 14.9 Å². The fourth-order valence-electron chi connectivity index (χ4n) is 3.23. The van der Waals surface area contributed by atoms with Gasteiger partial charge in [-0.1, -0.05) is 18.2 Å². The summed E-state index contributed by atoms with van der Waals surface area (Å²) in [5, 5.41) is 18.3. The van der Waals surface area contributed by atoms with Crippen LogP contribution < -0.4 is 10.1 Å². The second-order valence-electron chi connectivity index (χ2n) is 7.12. The van der Waals surface area contributed by atoms with Crippen LogP contribution >= 0.6 is 0 Å². The van der Waals surface area contributed by atoms with Crippen LogP contribution in [0, 0.1) is 24.0 Å². The Morgan fingerprint density at radius 1 is 1.19 bits per heavy atom. The molecule has 0 bridgehead atoms. The number of pyridine rings is 1. The Balaban J connectivity index is 1.62. The third-order valence-electron chi connectivity index (χ3n) is 4.89. The highest BCUT2D eigenvalue weighted by molar-refractivity contribution is 5.94. The Morgan fingerprint density at radius 2 is 1.94 bits per heavy atom. The lowest BCUT2D eigenvalue weighted by Crippen LogP contribution is -2.23. The Bertz CT molecular complexity index is 1090. The molecule has 1 amide bonds. The van der Waals surface area contributed by atoms with Crippen molar-refractivity contribution < 1.29 is 19.2 Å². The van der Waals surface area contributed by atoms with Gasteiger partial charge in [0.15, 0.2) is 0 Å². The van der Waals surface area contributed by atoms with Gasteiger partial charge in [0.05, 0.1) is 18.1 Å². The molecule has 1 N–H and O–H groups in total. The molecule has 2 heterocycles. The summed E-state index contributed by atoms with van der Waals surface area (Å²) in [7, 11) is 1.59. The molecule has 32 heavy (non-hydrogen) atoms. The SMILES string of the molecule is COCCOc1ncccc1CNC(=O)c1ccc(Cn2nc(C)c([N+](=O)[O-])c2C)cc1. The highest BCUT2D eigenvalue weighted by atomic mass is 16.6. The van der Waals surface area contributed by atoms with Crippen molar-refractivity contribution in [1.29, 1.82) is 0 Å². The van der Waals surface area contributed by atoms with Gasteiger partial charge in [0.25, 0.3) is 5.91 Å². The normalized spacial score (nSPS) is 10.7. The third kappa shape index (κ3) is 5.46. The zero-order chi connectivity index (χ0) is 23.1. The molecule has 168 valence electrons. The van der Waals surface area contributed by atoms with Gasteiger partial charge in [-0.15, -0.1) is 0 Å². The van der Waals surface area contributed by atoms with E-state index in [4.69, 9.17) is 9.47 Å². The first-order valence-corrected chi connectivity index (χ1v) is 10.0. The summed E-state index contributed by atoms with van der Waals surface area (Å²) in [5.74, 6) is 0.226. The van der Waals surface area contributed by atoms with E-state index in [0.717, 1.165) is 11.1 Å². The number of rotatable bonds is 10. The monoisotopic (exact) mass is 439 g/mol. The second-order valence-corrected chi connectivity index (χ2v) is 7.12. The molecule has 3 aromatic rings. The number of aryl methyl sites for hydroxylation is 1. The standard InChI is InChI=1S/C22H25N5O5/c1-15-20(27(29)30)16(2)26(25-15)14-17-6-8-18(9-7-17)21(28)24-13-19-5-4-10-23-22(19)32-12-11-31-3/h4-10H,11-14H2,1-3H3,(H,24,28). The molecule has 0 atom stereocenters. The number of ether oxygens (including phenoxy) is 2. The lowest BCUT2D eigenvalue weighted by atomic mass is 10.1. The molecule has 1 aromatic carbocycles. The number of benzene rings is 1. The van der Waals surface area contributed by atoms with Crippen molar-refractivity contribution in [3.63, 3.8) is 0 Å². The molecule has 0 radical (unpaired) electrons. The summed E-state index contributed by atoms with van der Waals surface area (Å²) in [5.41, 5.74) is 3.04. The maximum Gasteiger partial charge on any atom is 0.312 e. The Morgan fingerprint density at radius 3 is 2.59 bits per heavy atom. The van der Waals surface area contributed by atoms with E-state index in [1.807, 2.05) is 6.07 Å². The Hall–Kier alpha value is -3.79. The highest BCUT2D eigenvalue weighted by Crippen LogP contribution is 2.22. The third-order valence-corrected chi connectivity index (χ3v) is 4.89. The summed E-state index contributed by atoms with van der Waals surface area (Å²) in [6.45, 7) is 4.75. The smallest absolute Gasteiger partial charge is 0.312 e. The van der Waals surface area contributed by atoms with Gasteiger partial charge in [-0.25, -0.2) is 4.98 Å². The fraction of sp³-hybridized carbons (Fsp3) is 0.318. The Kier molecular flexibility index (Phi) is 7.50. The molecule has 10 nitrogen and oxygen atoms in total. The lowest BCUT2D eigenvalue weighted by molar-refractivity contribution is -0.386. The van der Waals surface area contributed by atoms with Crippen LogP contribution in [0.1, 0.15) is 32.9 Å². The number of carbonyl (C=O) groups excluding carboxylic acids is 1. The van der Waals surface area contributed by atoms with Gasteiger partial charge in [0, 0.05) is 31.0 Å². The van der Waals surface area contributed by atoms with Crippen molar-refractivity contribution in [2.24, 2.45) is 0 Å². The quantitative estimate of drug-likeness (QED) is 0.293. The minimum absolute atomic E-state index is 0.0296. The fourth-order valence-corrected chi connectivity index (χ4v) is 3.23. The summed E-state index contributed by atoms with van der Waals surface area (Å²) in [6.07, 6.45) is 1.63. The van der Waals surface area contributed by atoms with Gasteiger partial charge >= 0.3 is 5.69 Å². The molecule has 3 rings (SSSR count). The number of hydrogen-bond donors (Lipinski definition) is 1. The summed E-state index contributed by atoms with van der Waals surface area (Å²) >= 11 is 0. The van der Waals surface area contributed by atoms with E-state index in [1.54, 1.807) is 62.2 Å². The van der Waals surface area contributed by atoms with Gasteiger partial charge < -0.3 is 14.8 Å². The van der Waals surface area contributed by atoms with E-state index < -0.39 is 4.92 Å². The van der Waals surface area contributed by atoms with E-state index in [-0.39, 0.29) is 18.1 Å². The zero-order valence-electron chi connectivity index (χ0n) is 18.2. The van der Waals surface area contributed by atoms with Gasteiger partial charge in [-0.3, -0.25) is 19.6 Å². The number of carbonyl (C=O) groups is 1. The van der Waals surface area contributed by atoms with Crippen LogP contribution in [0.2, 0.25) is 0 Å². The molecular weight excluding hydrogens is 414 g/mol. The molecule has 0 aliphatic heterocycles. The minimum atomic E-state index is -0.419. The van der Waals surface area contributed by atoms with Crippen LogP contribution in [-0.4, -0.2) is 45.9 Å².